The minimum Gasteiger partial charge on any atom is -0.323 e. The Hall–Kier alpha value is -0.350. The fraction of sp³-hybridized carbons (Fsp3) is 0.727. The van der Waals surface area contributed by atoms with Crippen molar-refractivity contribution in [1.29, 1.82) is 0 Å². The van der Waals surface area contributed by atoms with Crippen molar-refractivity contribution in [2.45, 2.75) is 45.2 Å². The normalized spacial score (nSPS) is 18.1. The zero-order valence-electron chi connectivity index (χ0n) is 9.12. The summed E-state index contributed by atoms with van der Waals surface area (Å²) < 4.78 is 3.10. The highest BCUT2D eigenvalue weighted by Crippen LogP contribution is 2.38. The molecular formula is C11H18BrN3. The van der Waals surface area contributed by atoms with Crippen LogP contribution in [0.15, 0.2) is 10.7 Å². The number of nitrogens with two attached hydrogens (primary N) is 1. The molecule has 15 heavy (non-hydrogen) atoms. The van der Waals surface area contributed by atoms with Crippen molar-refractivity contribution in [3.63, 3.8) is 0 Å². The van der Waals surface area contributed by atoms with Gasteiger partial charge in [-0.2, -0.15) is 5.10 Å². The molecule has 3 nitrogen and oxygen atoms in total. The fourth-order valence-corrected chi connectivity index (χ4v) is 2.55. The molecule has 0 aliphatic heterocycles. The molecule has 0 radical (unpaired) electrons. The molecule has 1 aromatic rings. The van der Waals surface area contributed by atoms with Gasteiger partial charge >= 0.3 is 0 Å². The predicted molar refractivity (Wildman–Crippen MR) is 64.5 cm³/mol. The van der Waals surface area contributed by atoms with Crippen molar-refractivity contribution >= 4 is 15.9 Å². The monoisotopic (exact) mass is 271 g/mol. The van der Waals surface area contributed by atoms with Crippen LogP contribution in [0.3, 0.4) is 0 Å². The molecule has 0 saturated heterocycles. The zero-order valence-corrected chi connectivity index (χ0v) is 10.7. The predicted octanol–water partition coefficient (Wildman–Crippen LogP) is 2.86. The van der Waals surface area contributed by atoms with Crippen molar-refractivity contribution in [3.05, 3.63) is 16.4 Å². The molecule has 1 unspecified atom stereocenters. The van der Waals surface area contributed by atoms with Crippen LogP contribution in [0.4, 0.5) is 0 Å². The molecule has 1 aromatic heterocycles. The maximum absolute atomic E-state index is 6.22. The molecule has 0 amide bonds. The fourth-order valence-electron chi connectivity index (χ4n) is 1.95. The molecule has 2 N–H and O–H groups in total. The van der Waals surface area contributed by atoms with Crippen molar-refractivity contribution in [1.82, 2.24) is 9.78 Å². The lowest BCUT2D eigenvalue weighted by molar-refractivity contribution is 0.505. The van der Waals surface area contributed by atoms with E-state index in [0.29, 0.717) is 0 Å². The van der Waals surface area contributed by atoms with E-state index < -0.39 is 0 Å². The Morgan fingerprint density at radius 2 is 2.40 bits per heavy atom. The number of rotatable bonds is 5. The third kappa shape index (κ3) is 2.61. The van der Waals surface area contributed by atoms with Gasteiger partial charge in [0.1, 0.15) is 0 Å². The first-order chi connectivity index (χ1) is 7.22. The van der Waals surface area contributed by atoms with Crippen LogP contribution < -0.4 is 5.73 Å². The molecule has 1 aliphatic carbocycles. The molecule has 1 heterocycles. The summed E-state index contributed by atoms with van der Waals surface area (Å²) in [6.07, 6.45) is 6.77. The lowest BCUT2D eigenvalue weighted by Gasteiger charge is -2.14. The standard InChI is InChI=1S/C11H18BrN3/c1-2-5-15-11(9(12)7-14-15)10(13)6-8-3-4-8/h7-8,10H,2-6,13H2,1H3. The van der Waals surface area contributed by atoms with Crippen molar-refractivity contribution < 1.29 is 0 Å². The number of halogens is 1. The Kier molecular flexibility index (Phi) is 3.46. The topological polar surface area (TPSA) is 43.8 Å². The highest BCUT2D eigenvalue weighted by atomic mass is 79.9. The highest BCUT2D eigenvalue weighted by Gasteiger charge is 2.27. The summed E-state index contributed by atoms with van der Waals surface area (Å²) >= 11 is 3.53. The van der Waals surface area contributed by atoms with Gasteiger partial charge in [0.25, 0.3) is 0 Å². The van der Waals surface area contributed by atoms with Gasteiger partial charge < -0.3 is 5.73 Å². The number of aromatic nitrogens is 2. The van der Waals surface area contributed by atoms with E-state index in [1.165, 1.54) is 18.5 Å². The summed E-state index contributed by atoms with van der Waals surface area (Å²) in [6, 6.07) is 0.140. The minimum atomic E-state index is 0.140. The van der Waals surface area contributed by atoms with Crippen LogP contribution in [0, 0.1) is 5.92 Å². The Balaban J connectivity index is 2.11. The molecule has 4 heteroatoms. The number of hydrogen-bond acceptors (Lipinski definition) is 2. The van der Waals surface area contributed by atoms with Gasteiger partial charge in [-0.25, -0.2) is 0 Å². The van der Waals surface area contributed by atoms with Crippen LogP contribution in [0.5, 0.6) is 0 Å². The third-order valence-corrected chi connectivity index (χ3v) is 3.52. The maximum atomic E-state index is 6.22. The molecule has 1 saturated carbocycles. The van der Waals surface area contributed by atoms with Crippen molar-refractivity contribution in [2.75, 3.05) is 0 Å². The van der Waals surface area contributed by atoms with Gasteiger partial charge in [-0.15, -0.1) is 0 Å². The summed E-state index contributed by atoms with van der Waals surface area (Å²) in [6.45, 7) is 3.12. The molecule has 1 fully saturated rings. The van der Waals surface area contributed by atoms with E-state index in [9.17, 15) is 0 Å². The Morgan fingerprint density at radius 3 is 3.00 bits per heavy atom. The Morgan fingerprint density at radius 1 is 1.67 bits per heavy atom. The second kappa shape index (κ2) is 4.66. The summed E-state index contributed by atoms with van der Waals surface area (Å²) in [5.41, 5.74) is 7.39. The first kappa shape index (κ1) is 11.1. The third-order valence-electron chi connectivity index (χ3n) is 2.90. The number of aryl methyl sites for hydroxylation is 1. The van der Waals surface area contributed by atoms with Crippen molar-refractivity contribution in [3.8, 4) is 0 Å². The van der Waals surface area contributed by atoms with Crippen LogP contribution in [-0.4, -0.2) is 9.78 Å². The molecule has 0 spiro atoms. The van der Waals surface area contributed by atoms with E-state index >= 15 is 0 Å². The first-order valence-electron chi connectivity index (χ1n) is 5.69. The van der Waals surface area contributed by atoms with Crippen LogP contribution in [0.1, 0.15) is 44.3 Å². The molecular weight excluding hydrogens is 254 g/mol. The van der Waals surface area contributed by atoms with E-state index in [4.69, 9.17) is 5.73 Å². The molecule has 0 bridgehead atoms. The smallest absolute Gasteiger partial charge is 0.0693 e. The first-order valence-corrected chi connectivity index (χ1v) is 6.48. The van der Waals surface area contributed by atoms with Gasteiger partial charge in [-0.3, -0.25) is 4.68 Å². The van der Waals surface area contributed by atoms with Gasteiger partial charge in [-0.05, 0) is 34.7 Å². The van der Waals surface area contributed by atoms with Crippen LogP contribution >= 0.6 is 15.9 Å². The lowest BCUT2D eigenvalue weighted by Crippen LogP contribution is -2.17. The quantitative estimate of drug-likeness (QED) is 0.895. The van der Waals surface area contributed by atoms with E-state index in [1.54, 1.807) is 0 Å². The number of hydrogen-bond donors (Lipinski definition) is 1. The van der Waals surface area contributed by atoms with Gasteiger partial charge in [0, 0.05) is 12.6 Å². The van der Waals surface area contributed by atoms with Crippen LogP contribution in [-0.2, 0) is 6.54 Å². The van der Waals surface area contributed by atoms with Crippen LogP contribution in [0.2, 0.25) is 0 Å². The van der Waals surface area contributed by atoms with Gasteiger partial charge in [0.2, 0.25) is 0 Å². The lowest BCUT2D eigenvalue weighted by atomic mass is 10.1. The van der Waals surface area contributed by atoms with Gasteiger partial charge in [0.05, 0.1) is 16.4 Å². The average molecular weight is 272 g/mol. The SMILES string of the molecule is CCCn1ncc(Br)c1C(N)CC1CC1. The Bertz CT molecular complexity index is 331. The zero-order chi connectivity index (χ0) is 10.8. The number of nitrogens with zero attached hydrogens (tertiary/aromatic N) is 2. The van der Waals surface area contributed by atoms with Crippen molar-refractivity contribution in [2.24, 2.45) is 11.7 Å². The van der Waals surface area contributed by atoms with Gasteiger partial charge in [0.15, 0.2) is 0 Å². The summed E-state index contributed by atoms with van der Waals surface area (Å²) in [5, 5.41) is 4.34. The summed E-state index contributed by atoms with van der Waals surface area (Å²) in [4.78, 5) is 0. The molecule has 2 rings (SSSR count). The molecule has 84 valence electrons. The van der Waals surface area contributed by atoms with Crippen LogP contribution in [0.25, 0.3) is 0 Å². The molecule has 0 aromatic carbocycles. The average Bonchev–Trinajstić information content (AvgIpc) is 2.91. The van der Waals surface area contributed by atoms with E-state index in [-0.39, 0.29) is 6.04 Å². The second-order valence-corrected chi connectivity index (χ2v) is 5.24. The van der Waals surface area contributed by atoms with E-state index in [2.05, 4.69) is 28.0 Å². The minimum absolute atomic E-state index is 0.140. The largest absolute Gasteiger partial charge is 0.323 e. The van der Waals surface area contributed by atoms with E-state index in [1.807, 2.05) is 10.9 Å². The maximum Gasteiger partial charge on any atom is 0.0693 e. The Labute approximate surface area is 99.2 Å². The van der Waals surface area contributed by atoms with E-state index in [0.717, 1.165) is 29.8 Å². The molecule has 1 atom stereocenters. The summed E-state index contributed by atoms with van der Waals surface area (Å²) in [5.74, 6) is 0.858. The molecule has 1 aliphatic rings. The summed E-state index contributed by atoms with van der Waals surface area (Å²) in [7, 11) is 0. The second-order valence-electron chi connectivity index (χ2n) is 4.39. The highest BCUT2D eigenvalue weighted by molar-refractivity contribution is 9.10. The van der Waals surface area contributed by atoms with Gasteiger partial charge in [-0.1, -0.05) is 19.8 Å².